The highest BCUT2D eigenvalue weighted by molar-refractivity contribution is 5.86. The van der Waals surface area contributed by atoms with E-state index in [1.807, 2.05) is 13.8 Å². The number of ether oxygens (including phenoxy) is 3. The third-order valence-electron chi connectivity index (χ3n) is 5.43. The number of anilines is 2. The summed E-state index contributed by atoms with van der Waals surface area (Å²) < 4.78 is 33.4. The summed E-state index contributed by atoms with van der Waals surface area (Å²) in [7, 11) is 1.79. The van der Waals surface area contributed by atoms with Gasteiger partial charge in [-0.05, 0) is 32.0 Å². The number of rotatable bonds is 4. The Morgan fingerprint density at radius 1 is 1.20 bits per heavy atom. The van der Waals surface area contributed by atoms with Crippen LogP contribution in [0.2, 0.25) is 0 Å². The molecule has 30 heavy (non-hydrogen) atoms. The second kappa shape index (κ2) is 6.95. The average molecular weight is 415 g/mol. The molecule has 5 rings (SSSR count). The van der Waals surface area contributed by atoms with E-state index in [1.54, 1.807) is 35.0 Å². The highest BCUT2D eigenvalue weighted by Crippen LogP contribution is 2.43. The molecule has 0 spiro atoms. The molecule has 2 aliphatic heterocycles. The van der Waals surface area contributed by atoms with Gasteiger partial charge in [0, 0.05) is 12.7 Å². The molecule has 158 valence electrons. The summed E-state index contributed by atoms with van der Waals surface area (Å²) in [5.41, 5.74) is 1.71. The van der Waals surface area contributed by atoms with Gasteiger partial charge in [0.2, 0.25) is 0 Å². The zero-order valence-electron chi connectivity index (χ0n) is 16.8. The van der Waals surface area contributed by atoms with Gasteiger partial charge in [0.15, 0.2) is 29.0 Å². The van der Waals surface area contributed by atoms with Crippen LogP contribution in [0.4, 0.5) is 15.9 Å². The lowest BCUT2D eigenvalue weighted by Gasteiger charge is -2.24. The van der Waals surface area contributed by atoms with Crippen molar-refractivity contribution in [3.05, 3.63) is 42.7 Å². The Hall–Kier alpha value is -2.66. The molecule has 0 unspecified atom stereocenters. The van der Waals surface area contributed by atoms with Gasteiger partial charge in [-0.3, -0.25) is 4.57 Å². The predicted molar refractivity (Wildman–Crippen MR) is 105 cm³/mol. The van der Waals surface area contributed by atoms with Gasteiger partial charge in [-0.25, -0.2) is 19.3 Å². The van der Waals surface area contributed by atoms with Crippen molar-refractivity contribution in [2.45, 2.75) is 44.2 Å². The predicted octanol–water partition coefficient (Wildman–Crippen LogP) is 2.14. The van der Waals surface area contributed by atoms with Gasteiger partial charge in [0.25, 0.3) is 0 Å². The molecule has 0 radical (unpaired) electrons. The SMILES string of the molecule is CN(c1cccc(F)c1)c1ncnc2c1ncn2[C@@H]1O[C@H](CO)[C@H]2OC(C)(C)O[C@H]21. The highest BCUT2D eigenvalue weighted by Gasteiger charge is 2.56. The molecule has 3 aromatic rings. The lowest BCUT2D eigenvalue weighted by molar-refractivity contribution is -0.199. The summed E-state index contributed by atoms with van der Waals surface area (Å²) in [6.07, 6.45) is 1.13. The lowest BCUT2D eigenvalue weighted by Crippen LogP contribution is -2.31. The van der Waals surface area contributed by atoms with Crippen LogP contribution in [0.1, 0.15) is 20.1 Å². The standard InChI is InChI=1S/C20H22FN5O4/c1-20(2)29-15-13(8-27)28-19(16(15)30-20)26-10-24-14-17(22-9-23-18(14)26)25(3)12-6-4-5-11(21)7-12/h4-7,9-10,13,15-16,19,27H,8H2,1-3H3/t13-,15-,16-,19-/m1/s1. The number of imidazole rings is 1. The molecule has 0 bridgehead atoms. The molecular weight excluding hydrogens is 393 g/mol. The third kappa shape index (κ3) is 3.03. The second-order valence-corrected chi connectivity index (χ2v) is 7.87. The van der Waals surface area contributed by atoms with E-state index < -0.39 is 30.3 Å². The van der Waals surface area contributed by atoms with E-state index in [-0.39, 0.29) is 12.4 Å². The third-order valence-corrected chi connectivity index (χ3v) is 5.43. The van der Waals surface area contributed by atoms with Gasteiger partial charge < -0.3 is 24.2 Å². The summed E-state index contributed by atoms with van der Waals surface area (Å²) in [4.78, 5) is 15.0. The Balaban J connectivity index is 1.54. The summed E-state index contributed by atoms with van der Waals surface area (Å²) in [5.74, 6) is -0.586. The van der Waals surface area contributed by atoms with Crippen LogP contribution >= 0.6 is 0 Å². The van der Waals surface area contributed by atoms with E-state index in [0.717, 1.165) is 0 Å². The molecule has 2 aliphatic rings. The van der Waals surface area contributed by atoms with Crippen LogP contribution in [-0.4, -0.2) is 62.4 Å². The van der Waals surface area contributed by atoms with Crippen molar-refractivity contribution < 1.29 is 23.7 Å². The van der Waals surface area contributed by atoms with Crippen LogP contribution in [0.3, 0.4) is 0 Å². The Kier molecular flexibility index (Phi) is 4.47. The molecule has 1 N–H and O–H groups in total. The summed E-state index contributed by atoms with van der Waals surface area (Å²) in [5, 5.41) is 9.73. The second-order valence-electron chi connectivity index (χ2n) is 7.87. The molecule has 9 nitrogen and oxygen atoms in total. The number of fused-ring (bicyclic) bond motifs is 2. The van der Waals surface area contributed by atoms with Crippen molar-refractivity contribution in [2.75, 3.05) is 18.6 Å². The quantitative estimate of drug-likeness (QED) is 0.693. The monoisotopic (exact) mass is 415 g/mol. The van der Waals surface area contributed by atoms with Crippen molar-refractivity contribution in [3.8, 4) is 0 Å². The number of aliphatic hydroxyl groups is 1. The number of nitrogens with zero attached hydrogens (tertiary/aromatic N) is 5. The zero-order chi connectivity index (χ0) is 21.0. The number of hydrogen-bond acceptors (Lipinski definition) is 8. The first kappa shape index (κ1) is 19.3. The molecule has 10 heteroatoms. The van der Waals surface area contributed by atoms with E-state index in [0.29, 0.717) is 22.7 Å². The fourth-order valence-electron chi connectivity index (χ4n) is 4.11. The Morgan fingerprint density at radius 3 is 2.77 bits per heavy atom. The van der Waals surface area contributed by atoms with Gasteiger partial charge in [-0.2, -0.15) is 0 Å². The summed E-state index contributed by atoms with van der Waals surface area (Å²) >= 11 is 0. The molecule has 1 aromatic carbocycles. The van der Waals surface area contributed by atoms with E-state index in [4.69, 9.17) is 14.2 Å². The highest BCUT2D eigenvalue weighted by atomic mass is 19.1. The van der Waals surface area contributed by atoms with Crippen LogP contribution < -0.4 is 4.90 Å². The molecule has 4 atom stereocenters. The smallest absolute Gasteiger partial charge is 0.167 e. The van der Waals surface area contributed by atoms with Crippen molar-refractivity contribution in [3.63, 3.8) is 0 Å². The Labute approximate surface area is 172 Å². The fraction of sp³-hybridized carbons (Fsp3) is 0.450. The minimum Gasteiger partial charge on any atom is -0.394 e. The zero-order valence-corrected chi connectivity index (χ0v) is 16.8. The van der Waals surface area contributed by atoms with Gasteiger partial charge in [-0.15, -0.1) is 0 Å². The van der Waals surface area contributed by atoms with Gasteiger partial charge in [0.05, 0.1) is 12.9 Å². The molecule has 2 aromatic heterocycles. The first-order valence-electron chi connectivity index (χ1n) is 9.67. The topological polar surface area (TPSA) is 94.8 Å². The number of benzene rings is 1. The van der Waals surface area contributed by atoms with Crippen molar-refractivity contribution in [1.29, 1.82) is 0 Å². The van der Waals surface area contributed by atoms with Crippen molar-refractivity contribution in [1.82, 2.24) is 19.5 Å². The molecule has 4 heterocycles. The number of halogens is 1. The fourth-order valence-corrected chi connectivity index (χ4v) is 4.11. The van der Waals surface area contributed by atoms with Crippen LogP contribution in [0.5, 0.6) is 0 Å². The number of aliphatic hydroxyl groups excluding tert-OH is 1. The van der Waals surface area contributed by atoms with E-state index in [9.17, 15) is 9.50 Å². The van der Waals surface area contributed by atoms with Crippen LogP contribution in [-0.2, 0) is 14.2 Å². The Morgan fingerprint density at radius 2 is 2.00 bits per heavy atom. The van der Waals surface area contributed by atoms with Gasteiger partial charge in [0.1, 0.15) is 30.5 Å². The first-order chi connectivity index (χ1) is 14.4. The largest absolute Gasteiger partial charge is 0.394 e. The maximum Gasteiger partial charge on any atom is 0.167 e. The minimum absolute atomic E-state index is 0.188. The number of aromatic nitrogens is 4. The van der Waals surface area contributed by atoms with Crippen molar-refractivity contribution >= 4 is 22.7 Å². The summed E-state index contributed by atoms with van der Waals surface area (Å²) in [6, 6.07) is 6.24. The normalized spacial score (nSPS) is 27.5. The molecule has 0 aliphatic carbocycles. The van der Waals surface area contributed by atoms with E-state index in [1.165, 1.54) is 18.5 Å². The number of hydrogen-bond donors (Lipinski definition) is 1. The van der Waals surface area contributed by atoms with Gasteiger partial charge in [-0.1, -0.05) is 6.07 Å². The van der Waals surface area contributed by atoms with Crippen molar-refractivity contribution in [2.24, 2.45) is 0 Å². The molecule has 0 amide bonds. The molecule has 2 fully saturated rings. The molecule has 2 saturated heterocycles. The maximum absolute atomic E-state index is 13.7. The van der Waals surface area contributed by atoms with E-state index in [2.05, 4.69) is 15.0 Å². The maximum atomic E-state index is 13.7. The van der Waals surface area contributed by atoms with E-state index >= 15 is 0 Å². The van der Waals surface area contributed by atoms with Gasteiger partial charge >= 0.3 is 0 Å². The van der Waals surface area contributed by atoms with Crippen LogP contribution in [0.25, 0.3) is 11.2 Å². The minimum atomic E-state index is -0.779. The van der Waals surface area contributed by atoms with Crippen LogP contribution in [0, 0.1) is 5.82 Å². The lowest BCUT2D eigenvalue weighted by atomic mass is 10.1. The van der Waals surface area contributed by atoms with Crippen LogP contribution in [0.15, 0.2) is 36.9 Å². The average Bonchev–Trinajstić information content (AvgIpc) is 3.37. The molecular formula is C20H22FN5O4. The summed E-state index contributed by atoms with van der Waals surface area (Å²) in [6.45, 7) is 3.47. The Bertz CT molecular complexity index is 1090. The first-order valence-corrected chi connectivity index (χ1v) is 9.67. The molecule has 0 saturated carbocycles.